The first kappa shape index (κ1) is 18.6. The average molecular weight is 339 g/mol. The Kier molecular flexibility index (Phi) is 6.69. The maximum Gasteiger partial charge on any atom is 0.269 e. The van der Waals surface area contributed by atoms with E-state index in [1.54, 1.807) is 6.07 Å². The van der Waals surface area contributed by atoms with Gasteiger partial charge in [0.15, 0.2) is 0 Å². The van der Waals surface area contributed by atoms with E-state index in [1.807, 2.05) is 31.2 Å². The van der Waals surface area contributed by atoms with Gasteiger partial charge in [-0.2, -0.15) is 0 Å². The molecule has 2 aromatic rings. The van der Waals surface area contributed by atoms with Crippen molar-refractivity contribution in [3.05, 3.63) is 65.0 Å². The van der Waals surface area contributed by atoms with Crippen molar-refractivity contribution in [2.75, 3.05) is 6.54 Å². The molecule has 2 amide bonds. The molecule has 5 nitrogen and oxygen atoms in total. The molecule has 0 unspecified atom stereocenters. The van der Waals surface area contributed by atoms with E-state index in [2.05, 4.69) is 29.5 Å². The van der Waals surface area contributed by atoms with E-state index in [9.17, 15) is 9.59 Å². The molecular weight excluding hydrogens is 314 g/mol. The molecule has 0 spiro atoms. The van der Waals surface area contributed by atoms with Crippen LogP contribution in [0.1, 0.15) is 52.2 Å². The van der Waals surface area contributed by atoms with Crippen LogP contribution in [0.3, 0.4) is 0 Å². The molecule has 132 valence electrons. The van der Waals surface area contributed by atoms with Crippen LogP contribution in [-0.2, 0) is 6.54 Å². The second-order valence-electron chi connectivity index (χ2n) is 6.54. The standard InChI is InChI=1S/C20H25N3O2/c1-14(2)7-9-22-20(25)18-12-17(8-10-21-18)19(24)23-13-16-6-4-5-15(3)11-16/h4-6,8,10-12,14H,7,9,13H2,1-3H3,(H,22,25)(H,23,24). The molecule has 1 aromatic heterocycles. The Hall–Kier alpha value is -2.69. The lowest BCUT2D eigenvalue weighted by atomic mass is 10.1. The Morgan fingerprint density at radius 2 is 1.88 bits per heavy atom. The highest BCUT2D eigenvalue weighted by molar-refractivity contribution is 5.98. The van der Waals surface area contributed by atoms with Gasteiger partial charge in [0.05, 0.1) is 0 Å². The molecule has 0 saturated heterocycles. The quantitative estimate of drug-likeness (QED) is 0.814. The molecule has 0 aliphatic rings. The number of nitrogens with one attached hydrogen (secondary N) is 2. The molecule has 0 fully saturated rings. The number of carbonyl (C=O) groups excluding carboxylic acids is 2. The topological polar surface area (TPSA) is 71.1 Å². The Morgan fingerprint density at radius 1 is 1.08 bits per heavy atom. The summed E-state index contributed by atoms with van der Waals surface area (Å²) in [5.41, 5.74) is 2.87. The van der Waals surface area contributed by atoms with Gasteiger partial charge in [-0.05, 0) is 37.0 Å². The first-order valence-corrected chi connectivity index (χ1v) is 8.53. The van der Waals surface area contributed by atoms with Gasteiger partial charge in [0.2, 0.25) is 0 Å². The van der Waals surface area contributed by atoms with Gasteiger partial charge in [-0.3, -0.25) is 14.6 Å². The number of aromatic nitrogens is 1. The lowest BCUT2D eigenvalue weighted by Crippen LogP contribution is -2.27. The van der Waals surface area contributed by atoms with Crippen LogP contribution >= 0.6 is 0 Å². The maximum absolute atomic E-state index is 12.3. The van der Waals surface area contributed by atoms with Crippen LogP contribution in [0.25, 0.3) is 0 Å². The highest BCUT2D eigenvalue weighted by Crippen LogP contribution is 2.06. The van der Waals surface area contributed by atoms with Crippen LogP contribution in [0, 0.1) is 12.8 Å². The summed E-state index contributed by atoms with van der Waals surface area (Å²) in [4.78, 5) is 28.5. The Bertz CT molecular complexity index is 741. The summed E-state index contributed by atoms with van der Waals surface area (Å²) in [6.07, 6.45) is 2.39. The first-order chi connectivity index (χ1) is 12.0. The van der Waals surface area contributed by atoms with Gasteiger partial charge in [0, 0.05) is 24.8 Å². The van der Waals surface area contributed by atoms with E-state index in [0.717, 1.165) is 17.5 Å². The molecule has 2 N–H and O–H groups in total. The summed E-state index contributed by atoms with van der Waals surface area (Å²) >= 11 is 0. The third kappa shape index (κ3) is 6.03. The number of rotatable bonds is 7. The van der Waals surface area contributed by atoms with Crippen molar-refractivity contribution in [2.45, 2.75) is 33.7 Å². The van der Waals surface area contributed by atoms with Crippen molar-refractivity contribution in [2.24, 2.45) is 5.92 Å². The second-order valence-corrected chi connectivity index (χ2v) is 6.54. The SMILES string of the molecule is Cc1cccc(CNC(=O)c2ccnc(C(=O)NCCC(C)C)c2)c1. The minimum Gasteiger partial charge on any atom is -0.351 e. The van der Waals surface area contributed by atoms with Gasteiger partial charge in [-0.1, -0.05) is 43.7 Å². The van der Waals surface area contributed by atoms with Crippen molar-refractivity contribution in [3.63, 3.8) is 0 Å². The van der Waals surface area contributed by atoms with Crippen LogP contribution in [-0.4, -0.2) is 23.3 Å². The molecule has 2 rings (SSSR count). The summed E-state index contributed by atoms with van der Waals surface area (Å²) in [5, 5.41) is 5.70. The van der Waals surface area contributed by atoms with Crippen molar-refractivity contribution in [1.82, 2.24) is 15.6 Å². The lowest BCUT2D eigenvalue weighted by molar-refractivity contribution is 0.0947. The Labute approximate surface area is 148 Å². The zero-order valence-electron chi connectivity index (χ0n) is 15.0. The van der Waals surface area contributed by atoms with Crippen molar-refractivity contribution in [1.29, 1.82) is 0 Å². The van der Waals surface area contributed by atoms with E-state index < -0.39 is 0 Å². The number of pyridine rings is 1. The number of hydrogen-bond acceptors (Lipinski definition) is 3. The summed E-state index contributed by atoms with van der Waals surface area (Å²) < 4.78 is 0. The number of amides is 2. The van der Waals surface area contributed by atoms with Crippen LogP contribution in [0.15, 0.2) is 42.6 Å². The minimum absolute atomic E-state index is 0.222. The first-order valence-electron chi connectivity index (χ1n) is 8.53. The summed E-state index contributed by atoms with van der Waals surface area (Å²) in [6, 6.07) is 11.1. The summed E-state index contributed by atoms with van der Waals surface area (Å²) in [5.74, 6) is 0.0427. The molecule has 0 aliphatic heterocycles. The molecule has 0 saturated carbocycles. The zero-order chi connectivity index (χ0) is 18.2. The summed E-state index contributed by atoms with van der Waals surface area (Å²) in [6.45, 7) is 7.26. The number of hydrogen-bond donors (Lipinski definition) is 2. The monoisotopic (exact) mass is 339 g/mol. The predicted octanol–water partition coefficient (Wildman–Crippen LogP) is 3.10. The van der Waals surface area contributed by atoms with E-state index in [0.29, 0.717) is 24.6 Å². The highest BCUT2D eigenvalue weighted by atomic mass is 16.2. The molecule has 0 aliphatic carbocycles. The molecule has 5 heteroatoms. The van der Waals surface area contributed by atoms with Crippen LogP contribution in [0.4, 0.5) is 0 Å². The number of nitrogens with zero attached hydrogens (tertiary/aromatic N) is 1. The third-order valence-corrected chi connectivity index (χ3v) is 3.80. The molecule has 0 bridgehead atoms. The van der Waals surface area contributed by atoms with Gasteiger partial charge in [-0.15, -0.1) is 0 Å². The van der Waals surface area contributed by atoms with Gasteiger partial charge in [-0.25, -0.2) is 0 Å². The lowest BCUT2D eigenvalue weighted by Gasteiger charge is -2.09. The highest BCUT2D eigenvalue weighted by Gasteiger charge is 2.11. The van der Waals surface area contributed by atoms with Gasteiger partial charge in [0.1, 0.15) is 5.69 Å². The average Bonchev–Trinajstić information content (AvgIpc) is 2.59. The van der Waals surface area contributed by atoms with Gasteiger partial charge in [0.25, 0.3) is 11.8 Å². The largest absolute Gasteiger partial charge is 0.351 e. The normalized spacial score (nSPS) is 10.6. The number of carbonyl (C=O) groups is 2. The van der Waals surface area contributed by atoms with Crippen molar-refractivity contribution in [3.8, 4) is 0 Å². The fraction of sp³-hybridized carbons (Fsp3) is 0.350. The fourth-order valence-electron chi connectivity index (χ4n) is 2.37. The van der Waals surface area contributed by atoms with Gasteiger partial charge >= 0.3 is 0 Å². The van der Waals surface area contributed by atoms with E-state index in [4.69, 9.17) is 0 Å². The Morgan fingerprint density at radius 3 is 2.60 bits per heavy atom. The number of benzene rings is 1. The predicted molar refractivity (Wildman–Crippen MR) is 98.4 cm³/mol. The van der Waals surface area contributed by atoms with Gasteiger partial charge < -0.3 is 10.6 Å². The zero-order valence-corrected chi connectivity index (χ0v) is 15.0. The smallest absolute Gasteiger partial charge is 0.269 e. The van der Waals surface area contributed by atoms with Crippen LogP contribution in [0.2, 0.25) is 0 Å². The molecule has 0 atom stereocenters. The van der Waals surface area contributed by atoms with Crippen molar-refractivity contribution >= 4 is 11.8 Å². The molecular formula is C20H25N3O2. The molecule has 1 aromatic carbocycles. The van der Waals surface area contributed by atoms with E-state index in [-0.39, 0.29) is 17.5 Å². The summed E-state index contributed by atoms with van der Waals surface area (Å²) in [7, 11) is 0. The number of aryl methyl sites for hydroxylation is 1. The molecule has 0 radical (unpaired) electrons. The van der Waals surface area contributed by atoms with Crippen molar-refractivity contribution < 1.29 is 9.59 Å². The van der Waals surface area contributed by atoms with Crippen LogP contribution in [0.5, 0.6) is 0 Å². The maximum atomic E-state index is 12.3. The minimum atomic E-state index is -0.256. The molecule has 25 heavy (non-hydrogen) atoms. The fourth-order valence-corrected chi connectivity index (χ4v) is 2.37. The van der Waals surface area contributed by atoms with Crippen LogP contribution < -0.4 is 10.6 Å². The van der Waals surface area contributed by atoms with E-state index in [1.165, 1.54) is 12.3 Å². The second kappa shape index (κ2) is 8.97. The molecule has 1 heterocycles. The Balaban J connectivity index is 1.95. The third-order valence-electron chi connectivity index (χ3n) is 3.80. The van der Waals surface area contributed by atoms with E-state index >= 15 is 0 Å².